The number of aromatic nitrogens is 1. The molecule has 0 bridgehead atoms. The molecule has 1 fully saturated rings. The minimum Gasteiger partial charge on any atom is -0.481 e. The van der Waals surface area contributed by atoms with Crippen molar-refractivity contribution in [3.8, 4) is 0 Å². The Labute approximate surface area is 82.0 Å². The second-order valence-corrected chi connectivity index (χ2v) is 3.50. The van der Waals surface area contributed by atoms with E-state index in [1.165, 1.54) is 0 Å². The molecule has 0 amide bonds. The molecule has 0 radical (unpaired) electrons. The minimum absolute atomic E-state index is 0.0567. The molecule has 2 rings (SSSR count). The van der Waals surface area contributed by atoms with Crippen LogP contribution in [-0.4, -0.2) is 29.1 Å². The Hall–Kier alpha value is -1.42. The van der Waals surface area contributed by atoms with Crippen LogP contribution in [0.1, 0.15) is 11.5 Å². The monoisotopic (exact) mass is 192 g/mol. The Kier molecular flexibility index (Phi) is 2.45. The van der Waals surface area contributed by atoms with E-state index < -0.39 is 5.97 Å². The van der Waals surface area contributed by atoms with Crippen LogP contribution in [0.4, 0.5) is 0 Å². The first kappa shape index (κ1) is 9.15. The van der Waals surface area contributed by atoms with E-state index in [-0.39, 0.29) is 11.8 Å². The van der Waals surface area contributed by atoms with Gasteiger partial charge < -0.3 is 10.4 Å². The minimum atomic E-state index is -0.733. The van der Waals surface area contributed by atoms with Crippen molar-refractivity contribution in [2.24, 2.45) is 5.92 Å². The van der Waals surface area contributed by atoms with Gasteiger partial charge in [-0.2, -0.15) is 0 Å². The molecular formula is C10H12N2O2. The average molecular weight is 192 g/mol. The van der Waals surface area contributed by atoms with Gasteiger partial charge in [0.05, 0.1) is 5.92 Å². The number of rotatable bonds is 2. The van der Waals surface area contributed by atoms with Gasteiger partial charge in [0, 0.05) is 31.4 Å². The fourth-order valence-electron chi connectivity index (χ4n) is 1.88. The zero-order chi connectivity index (χ0) is 9.97. The molecule has 1 saturated heterocycles. The van der Waals surface area contributed by atoms with E-state index in [1.54, 1.807) is 12.4 Å². The quantitative estimate of drug-likeness (QED) is 0.715. The van der Waals surface area contributed by atoms with Gasteiger partial charge in [-0.3, -0.25) is 9.78 Å². The maximum absolute atomic E-state index is 10.9. The van der Waals surface area contributed by atoms with Gasteiger partial charge >= 0.3 is 5.97 Å². The van der Waals surface area contributed by atoms with Gasteiger partial charge in [-0.15, -0.1) is 0 Å². The summed E-state index contributed by atoms with van der Waals surface area (Å²) in [5.74, 6) is -0.996. The smallest absolute Gasteiger partial charge is 0.308 e. The number of hydrogen-bond donors (Lipinski definition) is 2. The first-order valence-electron chi connectivity index (χ1n) is 4.62. The van der Waals surface area contributed by atoms with Crippen molar-refractivity contribution in [3.05, 3.63) is 30.1 Å². The number of carboxylic acid groups (broad SMARTS) is 1. The maximum atomic E-state index is 10.9. The van der Waals surface area contributed by atoms with Crippen LogP contribution in [-0.2, 0) is 4.79 Å². The molecule has 4 heteroatoms. The van der Waals surface area contributed by atoms with E-state index in [0.29, 0.717) is 6.54 Å². The van der Waals surface area contributed by atoms with E-state index in [0.717, 1.165) is 12.1 Å². The molecule has 4 nitrogen and oxygen atoms in total. The van der Waals surface area contributed by atoms with Crippen molar-refractivity contribution in [2.45, 2.75) is 5.92 Å². The van der Waals surface area contributed by atoms with E-state index >= 15 is 0 Å². The lowest BCUT2D eigenvalue weighted by molar-refractivity contribution is -0.141. The van der Waals surface area contributed by atoms with Gasteiger partial charge in [0.1, 0.15) is 0 Å². The Balaban J connectivity index is 2.22. The normalized spacial score (nSPS) is 26.3. The molecule has 1 aromatic rings. The summed E-state index contributed by atoms with van der Waals surface area (Å²) in [5, 5.41) is 12.1. The molecular weight excluding hydrogens is 180 g/mol. The van der Waals surface area contributed by atoms with Crippen LogP contribution in [0.25, 0.3) is 0 Å². The third kappa shape index (κ3) is 1.61. The average Bonchev–Trinajstić information content (AvgIpc) is 2.67. The number of nitrogens with zero attached hydrogens (tertiary/aromatic N) is 1. The molecule has 0 saturated carbocycles. The topological polar surface area (TPSA) is 62.2 Å². The summed E-state index contributed by atoms with van der Waals surface area (Å²) in [5.41, 5.74) is 1.00. The zero-order valence-corrected chi connectivity index (χ0v) is 7.68. The highest BCUT2D eigenvalue weighted by Crippen LogP contribution is 2.27. The molecule has 2 heterocycles. The number of hydrogen-bond acceptors (Lipinski definition) is 3. The standard InChI is InChI=1S/C10H12N2O2/c13-10(14)9-6-12-5-8(9)7-2-1-3-11-4-7/h1-4,8-9,12H,5-6H2,(H,13,14)/t8-,9+/m1/s1. The second kappa shape index (κ2) is 3.75. The van der Waals surface area contributed by atoms with Crippen LogP contribution in [0.2, 0.25) is 0 Å². The first-order valence-corrected chi connectivity index (χ1v) is 4.62. The number of aliphatic carboxylic acids is 1. The molecule has 0 aromatic carbocycles. The highest BCUT2D eigenvalue weighted by Gasteiger charge is 2.33. The van der Waals surface area contributed by atoms with Gasteiger partial charge in [0.2, 0.25) is 0 Å². The summed E-state index contributed by atoms with van der Waals surface area (Å²) < 4.78 is 0. The summed E-state index contributed by atoms with van der Waals surface area (Å²) in [7, 11) is 0. The maximum Gasteiger partial charge on any atom is 0.308 e. The van der Waals surface area contributed by atoms with Crippen molar-refractivity contribution in [1.82, 2.24) is 10.3 Å². The van der Waals surface area contributed by atoms with Gasteiger partial charge in [0.15, 0.2) is 0 Å². The lowest BCUT2D eigenvalue weighted by Gasteiger charge is -2.13. The Morgan fingerprint density at radius 3 is 3.07 bits per heavy atom. The molecule has 2 N–H and O–H groups in total. The van der Waals surface area contributed by atoms with Crippen LogP contribution in [0.5, 0.6) is 0 Å². The predicted octanol–water partition coefficient (Wildman–Crippen LogP) is 0.469. The molecule has 0 unspecified atom stereocenters. The fourth-order valence-corrected chi connectivity index (χ4v) is 1.88. The highest BCUT2D eigenvalue weighted by molar-refractivity contribution is 5.72. The molecule has 0 aliphatic carbocycles. The summed E-state index contributed by atoms with van der Waals surface area (Å²) in [6, 6.07) is 3.77. The van der Waals surface area contributed by atoms with E-state index in [1.807, 2.05) is 12.1 Å². The lowest BCUT2D eigenvalue weighted by Crippen LogP contribution is -2.21. The fraction of sp³-hybridized carbons (Fsp3) is 0.400. The third-order valence-corrected chi connectivity index (χ3v) is 2.64. The number of carboxylic acids is 1. The van der Waals surface area contributed by atoms with E-state index in [4.69, 9.17) is 5.11 Å². The van der Waals surface area contributed by atoms with Crippen LogP contribution in [0.15, 0.2) is 24.5 Å². The van der Waals surface area contributed by atoms with Crippen LogP contribution in [0, 0.1) is 5.92 Å². The second-order valence-electron chi connectivity index (χ2n) is 3.50. The van der Waals surface area contributed by atoms with Crippen molar-refractivity contribution in [3.63, 3.8) is 0 Å². The molecule has 14 heavy (non-hydrogen) atoms. The molecule has 1 aliphatic heterocycles. The van der Waals surface area contributed by atoms with Crippen molar-refractivity contribution < 1.29 is 9.90 Å². The Morgan fingerprint density at radius 2 is 2.43 bits per heavy atom. The summed E-state index contributed by atoms with van der Waals surface area (Å²) in [6.07, 6.45) is 3.44. The van der Waals surface area contributed by atoms with Gasteiger partial charge in [-0.1, -0.05) is 6.07 Å². The number of nitrogens with one attached hydrogen (secondary N) is 1. The molecule has 1 aromatic heterocycles. The van der Waals surface area contributed by atoms with E-state index in [2.05, 4.69) is 10.3 Å². The summed E-state index contributed by atoms with van der Waals surface area (Å²) in [6.45, 7) is 1.28. The van der Waals surface area contributed by atoms with E-state index in [9.17, 15) is 4.79 Å². The van der Waals surface area contributed by atoms with Crippen molar-refractivity contribution in [1.29, 1.82) is 0 Å². The summed E-state index contributed by atoms with van der Waals surface area (Å²) in [4.78, 5) is 14.9. The SMILES string of the molecule is O=C(O)[C@H]1CNC[C@@H]1c1cccnc1. The predicted molar refractivity (Wildman–Crippen MR) is 51.0 cm³/mol. The van der Waals surface area contributed by atoms with Crippen molar-refractivity contribution in [2.75, 3.05) is 13.1 Å². The molecule has 74 valence electrons. The number of pyridine rings is 1. The molecule has 1 aliphatic rings. The lowest BCUT2D eigenvalue weighted by atomic mass is 9.90. The largest absolute Gasteiger partial charge is 0.481 e. The summed E-state index contributed by atoms with van der Waals surface area (Å²) >= 11 is 0. The van der Waals surface area contributed by atoms with Crippen LogP contribution >= 0.6 is 0 Å². The molecule has 2 atom stereocenters. The first-order chi connectivity index (χ1) is 6.79. The van der Waals surface area contributed by atoms with Gasteiger partial charge in [-0.05, 0) is 11.6 Å². The van der Waals surface area contributed by atoms with Gasteiger partial charge in [-0.25, -0.2) is 0 Å². The van der Waals surface area contributed by atoms with Gasteiger partial charge in [0.25, 0.3) is 0 Å². The number of carbonyl (C=O) groups is 1. The Morgan fingerprint density at radius 1 is 1.57 bits per heavy atom. The highest BCUT2D eigenvalue weighted by atomic mass is 16.4. The third-order valence-electron chi connectivity index (χ3n) is 2.64. The Bertz CT molecular complexity index is 326. The van der Waals surface area contributed by atoms with Crippen LogP contribution in [0.3, 0.4) is 0 Å². The van der Waals surface area contributed by atoms with Crippen LogP contribution < -0.4 is 5.32 Å². The zero-order valence-electron chi connectivity index (χ0n) is 7.68. The molecule has 0 spiro atoms. The van der Waals surface area contributed by atoms with Crippen molar-refractivity contribution >= 4 is 5.97 Å².